The summed E-state index contributed by atoms with van der Waals surface area (Å²) < 4.78 is 10.1. The predicted molar refractivity (Wildman–Crippen MR) is 107 cm³/mol. The molecule has 0 saturated heterocycles. The normalized spacial score (nSPS) is 12.2. The van der Waals surface area contributed by atoms with Crippen LogP contribution in [0.2, 0.25) is 0 Å². The molecule has 10 heteroatoms. The average Bonchev–Trinajstić information content (AvgIpc) is 3.21. The number of aryl methyl sites for hydroxylation is 1. The molecule has 1 aliphatic carbocycles. The van der Waals surface area contributed by atoms with Crippen molar-refractivity contribution in [1.82, 2.24) is 0 Å². The van der Waals surface area contributed by atoms with Crippen molar-refractivity contribution in [3.05, 3.63) is 44.3 Å². The number of thiocarbonyl (C=S) groups is 1. The number of methoxy groups -OCH3 is 2. The molecule has 0 unspecified atom stereocenters. The van der Waals surface area contributed by atoms with E-state index in [1.165, 1.54) is 43.8 Å². The lowest BCUT2D eigenvalue weighted by molar-refractivity contribution is -0.384. The minimum atomic E-state index is -0.501. The molecule has 27 heavy (non-hydrogen) atoms. The second-order valence-electron chi connectivity index (χ2n) is 5.77. The third-order valence-corrected chi connectivity index (χ3v) is 5.59. The van der Waals surface area contributed by atoms with Gasteiger partial charge in [-0.05, 0) is 43.1 Å². The van der Waals surface area contributed by atoms with Crippen LogP contribution in [-0.2, 0) is 17.6 Å². The highest BCUT2D eigenvalue weighted by Crippen LogP contribution is 2.39. The number of anilines is 2. The number of fused-ring (bicyclic) bond motifs is 1. The van der Waals surface area contributed by atoms with Crippen LogP contribution in [0.4, 0.5) is 16.4 Å². The van der Waals surface area contributed by atoms with Crippen LogP contribution in [0, 0.1) is 10.1 Å². The average molecular weight is 407 g/mol. The fourth-order valence-corrected chi connectivity index (χ4v) is 4.52. The van der Waals surface area contributed by atoms with Crippen LogP contribution in [-0.4, -0.2) is 30.2 Å². The van der Waals surface area contributed by atoms with E-state index in [0.29, 0.717) is 16.3 Å². The first-order valence-electron chi connectivity index (χ1n) is 8.08. The van der Waals surface area contributed by atoms with Crippen LogP contribution >= 0.6 is 23.6 Å². The van der Waals surface area contributed by atoms with Crippen LogP contribution in [0.25, 0.3) is 0 Å². The van der Waals surface area contributed by atoms with Gasteiger partial charge in [0.25, 0.3) is 5.69 Å². The van der Waals surface area contributed by atoms with Crippen molar-refractivity contribution in [1.29, 1.82) is 0 Å². The Bertz CT molecular complexity index is 926. The topological polar surface area (TPSA) is 103 Å². The van der Waals surface area contributed by atoms with E-state index in [1.54, 1.807) is 0 Å². The second kappa shape index (κ2) is 7.89. The number of ether oxygens (including phenoxy) is 2. The lowest BCUT2D eigenvalue weighted by atomic mass is 10.1. The van der Waals surface area contributed by atoms with E-state index in [-0.39, 0.29) is 16.5 Å². The van der Waals surface area contributed by atoms with Crippen LogP contribution in [0.3, 0.4) is 0 Å². The van der Waals surface area contributed by atoms with Crippen molar-refractivity contribution in [3.8, 4) is 5.75 Å². The fourth-order valence-electron chi connectivity index (χ4n) is 2.96. The van der Waals surface area contributed by atoms with Crippen LogP contribution in [0.5, 0.6) is 5.75 Å². The number of benzene rings is 1. The van der Waals surface area contributed by atoms with E-state index in [9.17, 15) is 14.9 Å². The maximum absolute atomic E-state index is 12.2. The molecular formula is C17H17N3O5S2. The number of non-ortho nitro benzene ring substituents is 1. The summed E-state index contributed by atoms with van der Waals surface area (Å²) >= 11 is 6.83. The first kappa shape index (κ1) is 19.1. The Labute approximate surface area is 164 Å². The number of carbonyl (C=O) groups excluding carboxylic acids is 1. The zero-order valence-electron chi connectivity index (χ0n) is 14.7. The first-order valence-corrected chi connectivity index (χ1v) is 9.30. The van der Waals surface area contributed by atoms with Gasteiger partial charge >= 0.3 is 5.97 Å². The molecule has 2 aromatic rings. The number of carbonyl (C=O) groups is 1. The van der Waals surface area contributed by atoms with Gasteiger partial charge in [0.15, 0.2) is 5.11 Å². The Morgan fingerprint density at radius 1 is 1.30 bits per heavy atom. The van der Waals surface area contributed by atoms with Crippen molar-refractivity contribution in [2.24, 2.45) is 0 Å². The molecule has 1 aromatic carbocycles. The summed E-state index contributed by atoms with van der Waals surface area (Å²) in [5.74, 6) is -0.108. The monoisotopic (exact) mass is 407 g/mol. The molecule has 142 valence electrons. The molecule has 1 aromatic heterocycles. The number of hydrogen-bond donors (Lipinski definition) is 2. The molecule has 0 amide bonds. The number of nitrogens with zero attached hydrogens (tertiary/aromatic N) is 1. The van der Waals surface area contributed by atoms with E-state index in [2.05, 4.69) is 10.6 Å². The zero-order valence-corrected chi connectivity index (χ0v) is 16.3. The molecule has 1 aliphatic rings. The van der Waals surface area contributed by atoms with E-state index in [0.717, 1.165) is 29.7 Å². The largest absolute Gasteiger partial charge is 0.494 e. The quantitative estimate of drug-likeness (QED) is 0.334. The fraction of sp³-hybridized carbons (Fsp3) is 0.294. The standard InChI is InChI=1S/C17H17N3O5S2/c1-24-12-8-9(20(22)23)6-7-11(12)18-17(26)19-15-14(16(21)25-2)10-4-3-5-13(10)27-15/h6-8H,3-5H2,1-2H3,(H2,18,19,26). The van der Waals surface area contributed by atoms with Gasteiger partial charge in [-0.25, -0.2) is 4.79 Å². The number of thiophene rings is 1. The van der Waals surface area contributed by atoms with Crippen LogP contribution in [0.15, 0.2) is 18.2 Å². The molecule has 2 N–H and O–H groups in total. The maximum Gasteiger partial charge on any atom is 0.341 e. The minimum Gasteiger partial charge on any atom is -0.494 e. The molecule has 0 aliphatic heterocycles. The summed E-state index contributed by atoms with van der Waals surface area (Å²) in [4.78, 5) is 23.7. The number of rotatable bonds is 5. The van der Waals surface area contributed by atoms with Crippen molar-refractivity contribution in [2.45, 2.75) is 19.3 Å². The summed E-state index contributed by atoms with van der Waals surface area (Å²) in [6, 6.07) is 4.18. The number of nitrogens with one attached hydrogen (secondary N) is 2. The van der Waals surface area contributed by atoms with Gasteiger partial charge in [0, 0.05) is 10.9 Å². The van der Waals surface area contributed by atoms with Gasteiger partial charge in [0.05, 0.1) is 36.5 Å². The number of esters is 1. The Hall–Kier alpha value is -2.72. The summed E-state index contributed by atoms with van der Waals surface area (Å²) in [7, 11) is 2.77. The highest BCUT2D eigenvalue weighted by atomic mass is 32.1. The van der Waals surface area contributed by atoms with E-state index in [4.69, 9.17) is 21.7 Å². The van der Waals surface area contributed by atoms with E-state index >= 15 is 0 Å². The van der Waals surface area contributed by atoms with Gasteiger partial charge in [-0.1, -0.05) is 0 Å². The lowest BCUT2D eigenvalue weighted by Gasteiger charge is -2.13. The third kappa shape index (κ3) is 3.86. The highest BCUT2D eigenvalue weighted by molar-refractivity contribution is 7.80. The Morgan fingerprint density at radius 3 is 2.74 bits per heavy atom. The van der Waals surface area contributed by atoms with Crippen molar-refractivity contribution >= 4 is 51.0 Å². The molecule has 0 radical (unpaired) electrons. The molecule has 1 heterocycles. The molecule has 0 saturated carbocycles. The van der Waals surface area contributed by atoms with Gasteiger partial charge in [0.1, 0.15) is 10.8 Å². The van der Waals surface area contributed by atoms with Crippen molar-refractivity contribution in [2.75, 3.05) is 24.9 Å². The molecule has 0 atom stereocenters. The Balaban J connectivity index is 1.81. The molecule has 8 nitrogen and oxygen atoms in total. The lowest BCUT2D eigenvalue weighted by Crippen LogP contribution is -2.20. The molecule has 3 rings (SSSR count). The van der Waals surface area contributed by atoms with Crippen LogP contribution in [0.1, 0.15) is 27.2 Å². The first-order chi connectivity index (χ1) is 12.9. The number of hydrogen-bond acceptors (Lipinski definition) is 7. The van der Waals surface area contributed by atoms with E-state index < -0.39 is 10.9 Å². The molecule has 0 spiro atoms. The Kier molecular flexibility index (Phi) is 5.57. The zero-order chi connectivity index (χ0) is 19.6. The van der Waals surface area contributed by atoms with E-state index in [1.807, 2.05) is 0 Å². The van der Waals surface area contributed by atoms with Crippen molar-refractivity contribution < 1.29 is 19.2 Å². The summed E-state index contributed by atoms with van der Waals surface area (Å²) in [5.41, 5.74) is 1.93. The molecular weight excluding hydrogens is 390 g/mol. The Morgan fingerprint density at radius 2 is 2.07 bits per heavy atom. The van der Waals surface area contributed by atoms with Gasteiger partial charge in [-0.2, -0.15) is 0 Å². The highest BCUT2D eigenvalue weighted by Gasteiger charge is 2.27. The smallest absolute Gasteiger partial charge is 0.341 e. The second-order valence-corrected chi connectivity index (χ2v) is 7.29. The number of nitro benzene ring substituents is 1. The van der Waals surface area contributed by atoms with Crippen molar-refractivity contribution in [3.63, 3.8) is 0 Å². The number of nitro groups is 1. The maximum atomic E-state index is 12.2. The summed E-state index contributed by atoms with van der Waals surface area (Å²) in [6.45, 7) is 0. The van der Waals surface area contributed by atoms with Crippen LogP contribution < -0.4 is 15.4 Å². The van der Waals surface area contributed by atoms with Gasteiger partial charge in [-0.3, -0.25) is 10.1 Å². The summed E-state index contributed by atoms with van der Waals surface area (Å²) in [6.07, 6.45) is 2.80. The summed E-state index contributed by atoms with van der Waals surface area (Å²) in [5, 5.41) is 17.8. The van der Waals surface area contributed by atoms with Gasteiger partial charge < -0.3 is 20.1 Å². The third-order valence-electron chi connectivity index (χ3n) is 4.18. The molecule has 0 bridgehead atoms. The minimum absolute atomic E-state index is 0.0843. The molecule has 0 fully saturated rings. The predicted octanol–water partition coefficient (Wildman–Crippen LogP) is 3.75. The van der Waals surface area contributed by atoms with Gasteiger partial charge in [0.2, 0.25) is 0 Å². The SMILES string of the molecule is COC(=O)c1c(NC(=S)Nc2ccc([N+](=O)[O-])cc2OC)sc2c1CCC2. The van der Waals surface area contributed by atoms with Gasteiger partial charge in [-0.15, -0.1) is 11.3 Å².